The Labute approximate surface area is 82.8 Å². The monoisotopic (exact) mass is 205 g/mol. The summed E-state index contributed by atoms with van der Waals surface area (Å²) < 4.78 is 16.1. The summed E-state index contributed by atoms with van der Waals surface area (Å²) in [5, 5.41) is 2.35. The molecule has 0 aliphatic heterocycles. The number of rotatable bonds is 4. The highest BCUT2D eigenvalue weighted by Gasteiger charge is 2.26. The second-order valence-corrected chi connectivity index (χ2v) is 3.95. The molecule has 1 amide bonds. The number of alkyl carbamates (subject to hydrolysis) is 1. The average molecular weight is 205 g/mol. The van der Waals surface area contributed by atoms with Crippen LogP contribution in [0.1, 0.15) is 20.8 Å². The van der Waals surface area contributed by atoms with Crippen molar-refractivity contribution < 1.29 is 18.7 Å². The van der Waals surface area contributed by atoms with Gasteiger partial charge >= 0.3 is 6.09 Å². The van der Waals surface area contributed by atoms with Crippen molar-refractivity contribution in [2.45, 2.75) is 26.8 Å². The third-order valence-corrected chi connectivity index (χ3v) is 1.65. The Morgan fingerprint density at radius 1 is 1.57 bits per heavy atom. The minimum Gasteiger partial charge on any atom is -0.447 e. The molecule has 0 fully saturated rings. The quantitative estimate of drug-likeness (QED) is 0.704. The number of halogens is 1. The Kier molecular flexibility index (Phi) is 5.12. The van der Waals surface area contributed by atoms with Gasteiger partial charge in [-0.1, -0.05) is 20.8 Å². The molecule has 0 radical (unpaired) electrons. The van der Waals surface area contributed by atoms with Gasteiger partial charge in [-0.05, 0) is 5.41 Å². The minimum absolute atomic E-state index is 0.290. The Morgan fingerprint density at radius 3 is 2.50 bits per heavy atom. The lowest BCUT2D eigenvalue weighted by atomic mass is 9.88. The van der Waals surface area contributed by atoms with Crippen molar-refractivity contribution in [1.29, 1.82) is 0 Å². The fourth-order valence-corrected chi connectivity index (χ4v) is 0.755. The number of hydrogen-bond donors (Lipinski definition) is 1. The zero-order chi connectivity index (χ0) is 11.2. The summed E-state index contributed by atoms with van der Waals surface area (Å²) >= 11 is 0. The Bertz CT molecular complexity index is 201. The standard InChI is InChI=1S/C9H16FNO3/c1-9(2,3)7(6-12)11-8(13)14-5-4-10/h6-7H,4-5H2,1-3H3,(H,11,13)/t7-/m1/s1. The first-order valence-corrected chi connectivity index (χ1v) is 4.36. The zero-order valence-corrected chi connectivity index (χ0v) is 8.67. The van der Waals surface area contributed by atoms with Crippen LogP contribution in [-0.2, 0) is 9.53 Å². The predicted octanol–water partition coefficient (Wildman–Crippen LogP) is 1.30. The molecule has 0 aromatic carbocycles. The highest BCUT2D eigenvalue weighted by molar-refractivity contribution is 5.73. The van der Waals surface area contributed by atoms with E-state index in [0.29, 0.717) is 6.29 Å². The average Bonchev–Trinajstić information content (AvgIpc) is 2.08. The van der Waals surface area contributed by atoms with Crippen LogP contribution >= 0.6 is 0 Å². The van der Waals surface area contributed by atoms with Gasteiger partial charge in [0.15, 0.2) is 0 Å². The number of alkyl halides is 1. The molecule has 1 atom stereocenters. The topological polar surface area (TPSA) is 55.4 Å². The van der Waals surface area contributed by atoms with Crippen molar-refractivity contribution in [2.75, 3.05) is 13.3 Å². The maximum absolute atomic E-state index is 11.6. The molecule has 0 aromatic rings. The summed E-state index contributed by atoms with van der Waals surface area (Å²) in [5.74, 6) is 0. The van der Waals surface area contributed by atoms with E-state index in [-0.39, 0.29) is 12.0 Å². The fourth-order valence-electron chi connectivity index (χ4n) is 0.755. The molecule has 0 saturated heterocycles. The van der Waals surface area contributed by atoms with Gasteiger partial charge in [-0.25, -0.2) is 9.18 Å². The molecule has 0 bridgehead atoms. The van der Waals surface area contributed by atoms with Gasteiger partial charge in [-0.2, -0.15) is 0 Å². The SMILES string of the molecule is CC(C)(C)[C@@H](C=O)NC(=O)OCCF. The molecule has 1 N–H and O–H groups in total. The van der Waals surface area contributed by atoms with Crippen LogP contribution in [0.3, 0.4) is 0 Å². The first kappa shape index (κ1) is 12.9. The van der Waals surface area contributed by atoms with E-state index >= 15 is 0 Å². The van der Waals surface area contributed by atoms with E-state index in [0.717, 1.165) is 0 Å². The number of amides is 1. The van der Waals surface area contributed by atoms with Crippen molar-refractivity contribution in [2.24, 2.45) is 5.41 Å². The molecule has 0 aromatic heterocycles. The third-order valence-electron chi connectivity index (χ3n) is 1.65. The summed E-state index contributed by atoms with van der Waals surface area (Å²) in [6.45, 7) is 4.40. The molecule has 0 aliphatic rings. The molecule has 5 heteroatoms. The molecule has 0 spiro atoms. The van der Waals surface area contributed by atoms with Crippen molar-refractivity contribution in [1.82, 2.24) is 5.32 Å². The van der Waals surface area contributed by atoms with Crippen LogP contribution in [0.2, 0.25) is 0 Å². The summed E-state index contributed by atoms with van der Waals surface area (Å²) in [7, 11) is 0. The van der Waals surface area contributed by atoms with Crippen LogP contribution in [0.25, 0.3) is 0 Å². The second-order valence-electron chi connectivity index (χ2n) is 3.95. The van der Waals surface area contributed by atoms with Crippen LogP contribution in [-0.4, -0.2) is 31.7 Å². The van der Waals surface area contributed by atoms with Crippen LogP contribution in [0.15, 0.2) is 0 Å². The molecular formula is C9H16FNO3. The van der Waals surface area contributed by atoms with Gasteiger partial charge in [0.05, 0.1) is 6.04 Å². The Morgan fingerprint density at radius 2 is 2.14 bits per heavy atom. The summed E-state index contributed by atoms with van der Waals surface area (Å²) in [6.07, 6.45) is -0.133. The molecule has 14 heavy (non-hydrogen) atoms. The molecule has 4 nitrogen and oxygen atoms in total. The Balaban J connectivity index is 4.06. The smallest absolute Gasteiger partial charge is 0.407 e. The minimum atomic E-state index is -0.769. The molecule has 82 valence electrons. The number of nitrogens with one attached hydrogen (secondary N) is 1. The summed E-state index contributed by atoms with van der Waals surface area (Å²) in [6, 6.07) is -0.630. The first-order valence-electron chi connectivity index (χ1n) is 4.36. The van der Waals surface area contributed by atoms with E-state index < -0.39 is 18.8 Å². The molecule has 0 heterocycles. The van der Waals surface area contributed by atoms with Gasteiger partial charge in [-0.3, -0.25) is 0 Å². The van der Waals surface area contributed by atoms with Crippen molar-refractivity contribution in [3.63, 3.8) is 0 Å². The number of ether oxygens (including phenoxy) is 1. The second kappa shape index (κ2) is 5.57. The molecular weight excluding hydrogens is 189 g/mol. The summed E-state index contributed by atoms with van der Waals surface area (Å²) in [4.78, 5) is 21.6. The largest absolute Gasteiger partial charge is 0.447 e. The number of carbonyl (C=O) groups is 2. The third kappa shape index (κ3) is 4.79. The molecule has 0 unspecified atom stereocenters. The first-order chi connectivity index (χ1) is 6.41. The van der Waals surface area contributed by atoms with Crippen LogP contribution < -0.4 is 5.32 Å². The van der Waals surface area contributed by atoms with E-state index in [9.17, 15) is 14.0 Å². The van der Waals surface area contributed by atoms with Crippen LogP contribution in [0, 0.1) is 5.41 Å². The molecule has 0 aliphatic carbocycles. The van der Waals surface area contributed by atoms with E-state index in [1.165, 1.54) is 0 Å². The van der Waals surface area contributed by atoms with Crippen molar-refractivity contribution >= 4 is 12.4 Å². The van der Waals surface area contributed by atoms with Gasteiger partial charge in [-0.15, -0.1) is 0 Å². The van der Waals surface area contributed by atoms with Crippen LogP contribution in [0.5, 0.6) is 0 Å². The number of aldehydes is 1. The van der Waals surface area contributed by atoms with E-state index in [2.05, 4.69) is 10.1 Å². The lowest BCUT2D eigenvalue weighted by Crippen LogP contribution is -2.45. The fraction of sp³-hybridized carbons (Fsp3) is 0.778. The predicted molar refractivity (Wildman–Crippen MR) is 49.8 cm³/mol. The van der Waals surface area contributed by atoms with Gasteiger partial charge in [0, 0.05) is 0 Å². The normalized spacial score (nSPS) is 13.1. The lowest BCUT2D eigenvalue weighted by Gasteiger charge is -2.26. The maximum atomic E-state index is 11.6. The van der Waals surface area contributed by atoms with Gasteiger partial charge in [0.2, 0.25) is 0 Å². The van der Waals surface area contributed by atoms with Crippen LogP contribution in [0.4, 0.5) is 9.18 Å². The zero-order valence-electron chi connectivity index (χ0n) is 8.67. The van der Waals surface area contributed by atoms with Gasteiger partial charge in [0.25, 0.3) is 0 Å². The molecule has 0 saturated carbocycles. The lowest BCUT2D eigenvalue weighted by molar-refractivity contribution is -0.111. The Hall–Kier alpha value is -1.13. The highest BCUT2D eigenvalue weighted by atomic mass is 19.1. The van der Waals surface area contributed by atoms with Crippen molar-refractivity contribution in [3.8, 4) is 0 Å². The van der Waals surface area contributed by atoms with E-state index in [1.807, 2.05) is 20.8 Å². The van der Waals surface area contributed by atoms with Gasteiger partial charge in [0.1, 0.15) is 19.6 Å². The molecule has 0 rings (SSSR count). The maximum Gasteiger partial charge on any atom is 0.407 e. The van der Waals surface area contributed by atoms with Crippen molar-refractivity contribution in [3.05, 3.63) is 0 Å². The van der Waals surface area contributed by atoms with Gasteiger partial charge < -0.3 is 14.8 Å². The van der Waals surface area contributed by atoms with E-state index in [4.69, 9.17) is 0 Å². The van der Waals surface area contributed by atoms with E-state index in [1.54, 1.807) is 0 Å². The summed E-state index contributed by atoms with van der Waals surface area (Å²) in [5.41, 5.74) is -0.378. The highest BCUT2D eigenvalue weighted by Crippen LogP contribution is 2.17. The number of carbonyl (C=O) groups excluding carboxylic acids is 2. The number of hydrogen-bond acceptors (Lipinski definition) is 3.